The Balaban J connectivity index is 2.06. The van der Waals surface area contributed by atoms with E-state index in [9.17, 15) is 0 Å². The van der Waals surface area contributed by atoms with Crippen molar-refractivity contribution in [2.45, 2.75) is 26.3 Å². The van der Waals surface area contributed by atoms with Crippen LogP contribution in [0.15, 0.2) is 0 Å². The lowest BCUT2D eigenvalue weighted by Gasteiger charge is -2.34. The SMILES string of the molecule is Cc1nnc(N2CCC(N)C(C)C2)s1. The summed E-state index contributed by atoms with van der Waals surface area (Å²) in [6.45, 7) is 6.21. The molecule has 2 N–H and O–H groups in total. The van der Waals surface area contributed by atoms with Crippen molar-refractivity contribution in [3.05, 3.63) is 5.01 Å². The van der Waals surface area contributed by atoms with E-state index in [1.807, 2.05) is 6.92 Å². The van der Waals surface area contributed by atoms with Crippen molar-refractivity contribution in [2.75, 3.05) is 18.0 Å². The number of hydrogen-bond acceptors (Lipinski definition) is 5. The normalized spacial score (nSPS) is 28.1. The number of piperidine rings is 1. The van der Waals surface area contributed by atoms with E-state index in [0.717, 1.165) is 29.6 Å². The van der Waals surface area contributed by atoms with Gasteiger partial charge in [-0.25, -0.2) is 0 Å². The minimum atomic E-state index is 0.347. The molecule has 0 amide bonds. The molecule has 14 heavy (non-hydrogen) atoms. The van der Waals surface area contributed by atoms with Crippen LogP contribution in [0.4, 0.5) is 5.13 Å². The standard InChI is InChI=1S/C9H16N4S/c1-6-5-13(4-3-8(6)10)9-12-11-7(2)14-9/h6,8H,3-5,10H2,1-2H3. The fourth-order valence-electron chi connectivity index (χ4n) is 1.75. The zero-order chi connectivity index (χ0) is 10.1. The minimum Gasteiger partial charge on any atom is -0.346 e. The Kier molecular flexibility index (Phi) is 2.69. The van der Waals surface area contributed by atoms with Crippen LogP contribution in [0.5, 0.6) is 0 Å². The summed E-state index contributed by atoms with van der Waals surface area (Å²) in [4.78, 5) is 2.29. The van der Waals surface area contributed by atoms with Crippen LogP contribution in [0.2, 0.25) is 0 Å². The van der Waals surface area contributed by atoms with Crippen LogP contribution < -0.4 is 10.6 Å². The Labute approximate surface area is 88.1 Å². The third kappa shape index (κ3) is 1.88. The van der Waals surface area contributed by atoms with Gasteiger partial charge in [0, 0.05) is 19.1 Å². The van der Waals surface area contributed by atoms with Crippen LogP contribution in [0.3, 0.4) is 0 Å². The highest BCUT2D eigenvalue weighted by molar-refractivity contribution is 7.15. The lowest BCUT2D eigenvalue weighted by molar-refractivity contribution is 0.382. The molecular weight excluding hydrogens is 196 g/mol. The molecule has 0 radical (unpaired) electrons. The molecule has 0 spiro atoms. The van der Waals surface area contributed by atoms with Gasteiger partial charge in [-0.3, -0.25) is 0 Å². The molecular formula is C9H16N4S. The molecule has 1 aromatic heterocycles. The molecule has 4 nitrogen and oxygen atoms in total. The molecule has 1 fully saturated rings. The van der Waals surface area contributed by atoms with E-state index in [1.165, 1.54) is 0 Å². The lowest BCUT2D eigenvalue weighted by Crippen LogP contribution is -2.45. The van der Waals surface area contributed by atoms with Crippen molar-refractivity contribution in [3.63, 3.8) is 0 Å². The first kappa shape index (κ1) is 9.86. The predicted molar refractivity (Wildman–Crippen MR) is 58.6 cm³/mol. The number of nitrogens with two attached hydrogens (primary N) is 1. The molecule has 0 aromatic carbocycles. The van der Waals surface area contributed by atoms with Crippen LogP contribution in [0.1, 0.15) is 18.4 Å². The first-order valence-electron chi connectivity index (χ1n) is 4.97. The molecule has 2 rings (SSSR count). The first-order valence-corrected chi connectivity index (χ1v) is 5.79. The molecule has 2 atom stereocenters. The third-order valence-corrected chi connectivity index (χ3v) is 3.66. The minimum absolute atomic E-state index is 0.347. The fraction of sp³-hybridized carbons (Fsp3) is 0.778. The summed E-state index contributed by atoms with van der Waals surface area (Å²) < 4.78 is 0. The van der Waals surface area contributed by atoms with Crippen molar-refractivity contribution in [3.8, 4) is 0 Å². The molecule has 1 saturated heterocycles. The molecule has 1 aromatic rings. The Morgan fingerprint density at radius 3 is 2.86 bits per heavy atom. The first-order chi connectivity index (χ1) is 6.66. The van der Waals surface area contributed by atoms with E-state index >= 15 is 0 Å². The van der Waals surface area contributed by atoms with Crippen LogP contribution >= 0.6 is 11.3 Å². The maximum Gasteiger partial charge on any atom is 0.208 e. The number of nitrogens with zero attached hydrogens (tertiary/aromatic N) is 3. The van der Waals surface area contributed by atoms with Gasteiger partial charge in [-0.1, -0.05) is 18.3 Å². The molecule has 5 heteroatoms. The second-order valence-corrected chi connectivity index (χ2v) is 5.14. The predicted octanol–water partition coefficient (Wildman–Crippen LogP) is 1.02. The average Bonchev–Trinajstić information content (AvgIpc) is 2.57. The average molecular weight is 212 g/mol. The van der Waals surface area contributed by atoms with Crippen LogP contribution in [-0.2, 0) is 0 Å². The van der Waals surface area contributed by atoms with E-state index in [4.69, 9.17) is 5.73 Å². The third-order valence-electron chi connectivity index (χ3n) is 2.76. The summed E-state index contributed by atoms with van der Waals surface area (Å²) in [5.74, 6) is 0.549. The summed E-state index contributed by atoms with van der Waals surface area (Å²) in [7, 11) is 0. The number of anilines is 1. The van der Waals surface area contributed by atoms with Crippen molar-refractivity contribution < 1.29 is 0 Å². The van der Waals surface area contributed by atoms with Gasteiger partial charge in [0.15, 0.2) is 0 Å². The molecule has 0 saturated carbocycles. The summed E-state index contributed by atoms with van der Waals surface area (Å²) in [5, 5.41) is 10.3. The maximum absolute atomic E-state index is 5.96. The van der Waals surface area contributed by atoms with E-state index in [1.54, 1.807) is 11.3 Å². The molecule has 78 valence electrons. The van der Waals surface area contributed by atoms with Gasteiger partial charge in [0.2, 0.25) is 5.13 Å². The highest BCUT2D eigenvalue weighted by atomic mass is 32.1. The second kappa shape index (κ2) is 3.82. The maximum atomic E-state index is 5.96. The number of rotatable bonds is 1. The zero-order valence-corrected chi connectivity index (χ0v) is 9.42. The van der Waals surface area contributed by atoms with Crippen LogP contribution in [0, 0.1) is 12.8 Å². The quantitative estimate of drug-likeness (QED) is 0.755. The monoisotopic (exact) mass is 212 g/mol. The Morgan fingerprint density at radius 2 is 2.29 bits per heavy atom. The topological polar surface area (TPSA) is 55.0 Å². The lowest BCUT2D eigenvalue weighted by atomic mass is 9.95. The van der Waals surface area contributed by atoms with Gasteiger partial charge >= 0.3 is 0 Å². The molecule has 0 bridgehead atoms. The number of aryl methyl sites for hydroxylation is 1. The number of hydrogen-bond donors (Lipinski definition) is 1. The zero-order valence-electron chi connectivity index (χ0n) is 8.60. The van der Waals surface area contributed by atoms with Crippen molar-refractivity contribution >= 4 is 16.5 Å². The van der Waals surface area contributed by atoms with Crippen LogP contribution in [0.25, 0.3) is 0 Å². The smallest absolute Gasteiger partial charge is 0.208 e. The Morgan fingerprint density at radius 1 is 1.50 bits per heavy atom. The van der Waals surface area contributed by atoms with E-state index in [2.05, 4.69) is 22.0 Å². The molecule has 1 aliphatic rings. The van der Waals surface area contributed by atoms with Gasteiger partial charge in [-0.05, 0) is 19.3 Å². The molecule has 2 heterocycles. The molecule has 0 aliphatic carbocycles. The number of aromatic nitrogens is 2. The fourth-order valence-corrected chi connectivity index (χ4v) is 2.47. The second-order valence-electron chi connectivity index (χ2n) is 3.98. The summed E-state index contributed by atoms with van der Waals surface area (Å²) in [6, 6.07) is 0.347. The van der Waals surface area contributed by atoms with E-state index in [0.29, 0.717) is 12.0 Å². The highest BCUT2D eigenvalue weighted by Gasteiger charge is 2.24. The largest absolute Gasteiger partial charge is 0.346 e. The van der Waals surface area contributed by atoms with Crippen LogP contribution in [-0.4, -0.2) is 29.3 Å². The van der Waals surface area contributed by atoms with Gasteiger partial charge in [-0.2, -0.15) is 0 Å². The van der Waals surface area contributed by atoms with Crippen molar-refractivity contribution in [1.82, 2.24) is 10.2 Å². The Hall–Kier alpha value is -0.680. The summed E-state index contributed by atoms with van der Waals surface area (Å²) in [6.07, 6.45) is 1.06. The van der Waals surface area contributed by atoms with Gasteiger partial charge < -0.3 is 10.6 Å². The van der Waals surface area contributed by atoms with E-state index < -0.39 is 0 Å². The van der Waals surface area contributed by atoms with E-state index in [-0.39, 0.29) is 0 Å². The Bertz CT molecular complexity index is 312. The highest BCUT2D eigenvalue weighted by Crippen LogP contribution is 2.24. The van der Waals surface area contributed by atoms with Crippen molar-refractivity contribution in [1.29, 1.82) is 0 Å². The van der Waals surface area contributed by atoms with Gasteiger partial charge in [0.25, 0.3) is 0 Å². The van der Waals surface area contributed by atoms with Gasteiger partial charge in [0.05, 0.1) is 0 Å². The molecule has 1 aliphatic heterocycles. The summed E-state index contributed by atoms with van der Waals surface area (Å²) in [5.41, 5.74) is 5.96. The van der Waals surface area contributed by atoms with Crippen molar-refractivity contribution in [2.24, 2.45) is 11.7 Å². The molecule has 2 unspecified atom stereocenters. The summed E-state index contributed by atoms with van der Waals surface area (Å²) >= 11 is 1.66. The van der Waals surface area contributed by atoms with Gasteiger partial charge in [0.1, 0.15) is 5.01 Å². The van der Waals surface area contributed by atoms with Gasteiger partial charge in [-0.15, -0.1) is 10.2 Å².